The molecule has 2 saturated heterocycles. The van der Waals surface area contributed by atoms with E-state index in [-0.39, 0.29) is 25.3 Å². The Bertz CT molecular complexity index is 1250. The van der Waals surface area contributed by atoms with Crippen molar-refractivity contribution in [3.8, 4) is 0 Å². The molecule has 1 aromatic heterocycles. The van der Waals surface area contributed by atoms with Gasteiger partial charge in [-0.1, -0.05) is 5.21 Å². The number of halogens is 2. The van der Waals surface area contributed by atoms with Crippen molar-refractivity contribution in [2.45, 2.75) is 19.3 Å². The zero-order valence-corrected chi connectivity index (χ0v) is 19.2. The first kappa shape index (κ1) is 23.7. The summed E-state index contributed by atoms with van der Waals surface area (Å²) in [7, 11) is 0. The van der Waals surface area contributed by atoms with Crippen LogP contribution < -0.4 is 9.80 Å². The molecule has 10 nitrogen and oxygen atoms in total. The molecule has 36 heavy (non-hydrogen) atoms. The van der Waals surface area contributed by atoms with Crippen LogP contribution in [-0.4, -0.2) is 66.0 Å². The molecule has 2 aliphatic rings. The lowest BCUT2D eigenvalue weighted by molar-refractivity contribution is 0.0467. The van der Waals surface area contributed by atoms with Crippen molar-refractivity contribution < 1.29 is 32.6 Å². The van der Waals surface area contributed by atoms with Crippen molar-refractivity contribution in [1.29, 1.82) is 0 Å². The summed E-state index contributed by atoms with van der Waals surface area (Å²) in [6, 6.07) is 9.69. The van der Waals surface area contributed by atoms with Crippen LogP contribution in [0.5, 0.6) is 0 Å². The van der Waals surface area contributed by atoms with E-state index in [9.17, 15) is 18.4 Å². The number of hydrogen-bond donors (Lipinski definition) is 0. The van der Waals surface area contributed by atoms with Gasteiger partial charge in [0.25, 0.3) is 0 Å². The summed E-state index contributed by atoms with van der Waals surface area (Å²) < 4.78 is 45.2. The molecule has 0 saturated carbocycles. The predicted octanol–water partition coefficient (Wildman–Crippen LogP) is 2.78. The van der Waals surface area contributed by atoms with Crippen molar-refractivity contribution >= 4 is 23.4 Å². The second-order valence-corrected chi connectivity index (χ2v) is 8.37. The lowest BCUT2D eigenvalue weighted by Crippen LogP contribution is -2.36. The quantitative estimate of drug-likeness (QED) is 0.458. The molecule has 0 aliphatic carbocycles. The minimum Gasteiger partial charge on any atom is -0.455 e. The molecular formula is C24H23F2N5O5. The van der Waals surface area contributed by atoms with Gasteiger partial charge < -0.3 is 19.1 Å². The molecule has 12 heteroatoms. The van der Waals surface area contributed by atoms with Gasteiger partial charge in [0.2, 0.25) is 0 Å². The third-order valence-electron chi connectivity index (χ3n) is 5.88. The number of benzene rings is 2. The monoisotopic (exact) mass is 499 g/mol. The largest absolute Gasteiger partial charge is 0.455 e. The van der Waals surface area contributed by atoms with Gasteiger partial charge in [0.05, 0.1) is 49.4 Å². The van der Waals surface area contributed by atoms with E-state index in [1.54, 1.807) is 18.3 Å². The highest BCUT2D eigenvalue weighted by Gasteiger charge is 2.33. The standard InChI is InChI=1S/C24H23F2N5O5/c25-17-3-1-16(2-4-17)23(32)35-15-18-12-30(28-27-18)13-20-14-31(24(33)36-20)19-5-6-22(21(26)11-19)29-7-9-34-10-8-29/h1-6,11-12,20H,7-10,13-15H2/t20-/m0/s1. The zero-order chi connectivity index (χ0) is 25.1. The number of carbonyl (C=O) groups excluding carboxylic acids is 2. The van der Waals surface area contributed by atoms with Crippen LogP contribution in [0.2, 0.25) is 0 Å². The van der Waals surface area contributed by atoms with E-state index < -0.39 is 29.8 Å². The van der Waals surface area contributed by atoms with Crippen molar-refractivity contribution in [2.75, 3.05) is 42.6 Å². The first-order valence-corrected chi connectivity index (χ1v) is 11.4. The Morgan fingerprint density at radius 2 is 1.89 bits per heavy atom. The summed E-state index contributed by atoms with van der Waals surface area (Å²) in [5.74, 6) is -1.48. The van der Waals surface area contributed by atoms with Crippen LogP contribution in [0.25, 0.3) is 0 Å². The lowest BCUT2D eigenvalue weighted by Gasteiger charge is -2.29. The van der Waals surface area contributed by atoms with Gasteiger partial charge in [0, 0.05) is 13.1 Å². The number of aromatic nitrogens is 3. The van der Waals surface area contributed by atoms with Gasteiger partial charge in [-0.15, -0.1) is 5.10 Å². The summed E-state index contributed by atoms with van der Waals surface area (Å²) >= 11 is 0. The van der Waals surface area contributed by atoms with E-state index in [0.717, 1.165) is 0 Å². The molecule has 0 N–H and O–H groups in total. The normalized spacial score (nSPS) is 17.8. The molecule has 3 heterocycles. The number of esters is 1. The fraction of sp³-hybridized carbons (Fsp3) is 0.333. The van der Waals surface area contributed by atoms with Gasteiger partial charge in [-0.25, -0.2) is 23.1 Å². The predicted molar refractivity (Wildman–Crippen MR) is 123 cm³/mol. The number of cyclic esters (lactones) is 1. The average molecular weight is 499 g/mol. The Balaban J connectivity index is 1.16. The number of amides is 1. The van der Waals surface area contributed by atoms with Crippen LogP contribution in [-0.2, 0) is 27.4 Å². The fourth-order valence-electron chi connectivity index (χ4n) is 4.06. The molecule has 2 fully saturated rings. The number of nitrogens with zero attached hydrogens (tertiary/aromatic N) is 5. The number of rotatable bonds is 7. The highest BCUT2D eigenvalue weighted by Crippen LogP contribution is 2.28. The number of anilines is 2. The minimum absolute atomic E-state index is 0.123. The summed E-state index contributed by atoms with van der Waals surface area (Å²) in [5, 5.41) is 7.94. The van der Waals surface area contributed by atoms with E-state index in [4.69, 9.17) is 14.2 Å². The summed E-state index contributed by atoms with van der Waals surface area (Å²) in [4.78, 5) is 27.8. The molecule has 1 atom stereocenters. The summed E-state index contributed by atoms with van der Waals surface area (Å²) in [5.41, 5.74) is 1.49. The first-order chi connectivity index (χ1) is 17.5. The van der Waals surface area contributed by atoms with Crippen LogP contribution in [0.4, 0.5) is 25.0 Å². The van der Waals surface area contributed by atoms with E-state index >= 15 is 0 Å². The molecule has 2 aliphatic heterocycles. The fourth-order valence-corrected chi connectivity index (χ4v) is 4.06. The Labute approximate surface area is 204 Å². The second kappa shape index (κ2) is 10.3. The van der Waals surface area contributed by atoms with Gasteiger partial charge >= 0.3 is 12.1 Å². The van der Waals surface area contributed by atoms with Crippen LogP contribution in [0.1, 0.15) is 16.1 Å². The Hall–Kier alpha value is -4.06. The lowest BCUT2D eigenvalue weighted by atomic mass is 10.2. The molecule has 0 unspecified atom stereocenters. The molecule has 0 radical (unpaired) electrons. The van der Waals surface area contributed by atoms with Crippen LogP contribution >= 0.6 is 0 Å². The number of morpholine rings is 1. The van der Waals surface area contributed by atoms with E-state index in [0.29, 0.717) is 43.4 Å². The highest BCUT2D eigenvalue weighted by molar-refractivity contribution is 5.90. The van der Waals surface area contributed by atoms with Gasteiger partial charge in [-0.3, -0.25) is 4.90 Å². The Kier molecular flexibility index (Phi) is 6.76. The Morgan fingerprint density at radius 1 is 1.11 bits per heavy atom. The molecular weight excluding hydrogens is 476 g/mol. The third kappa shape index (κ3) is 5.28. The molecule has 2 aromatic carbocycles. The van der Waals surface area contributed by atoms with Crippen LogP contribution in [0, 0.1) is 11.6 Å². The highest BCUT2D eigenvalue weighted by atomic mass is 19.1. The maximum atomic E-state index is 14.8. The molecule has 1 amide bonds. The first-order valence-electron chi connectivity index (χ1n) is 11.4. The van der Waals surface area contributed by atoms with E-state index in [2.05, 4.69) is 10.3 Å². The van der Waals surface area contributed by atoms with E-state index in [1.165, 1.54) is 39.9 Å². The Morgan fingerprint density at radius 3 is 2.64 bits per heavy atom. The number of carbonyl (C=O) groups is 2. The third-order valence-corrected chi connectivity index (χ3v) is 5.88. The average Bonchev–Trinajstić information content (AvgIpc) is 3.49. The minimum atomic E-state index is -0.614. The van der Waals surface area contributed by atoms with Gasteiger partial charge in [-0.2, -0.15) is 0 Å². The van der Waals surface area contributed by atoms with Gasteiger partial charge in [0.1, 0.15) is 30.0 Å². The van der Waals surface area contributed by atoms with Crippen molar-refractivity contribution in [3.05, 3.63) is 71.6 Å². The maximum absolute atomic E-state index is 14.8. The maximum Gasteiger partial charge on any atom is 0.414 e. The summed E-state index contributed by atoms with van der Waals surface area (Å²) in [6.07, 6.45) is 0.466. The SMILES string of the molecule is O=C(OCc1cn(C[C@H]2CN(c3ccc(N4CCOCC4)c(F)c3)C(=O)O2)nn1)c1ccc(F)cc1. The second-order valence-electron chi connectivity index (χ2n) is 8.37. The van der Waals surface area contributed by atoms with Crippen molar-refractivity contribution in [1.82, 2.24) is 15.0 Å². The zero-order valence-electron chi connectivity index (χ0n) is 19.2. The van der Waals surface area contributed by atoms with Gasteiger partial charge in [-0.05, 0) is 42.5 Å². The molecule has 5 rings (SSSR count). The van der Waals surface area contributed by atoms with Gasteiger partial charge in [0.15, 0.2) is 0 Å². The van der Waals surface area contributed by atoms with Crippen molar-refractivity contribution in [3.63, 3.8) is 0 Å². The smallest absolute Gasteiger partial charge is 0.414 e. The number of ether oxygens (including phenoxy) is 3. The molecule has 3 aromatic rings. The number of hydrogen-bond acceptors (Lipinski definition) is 8. The summed E-state index contributed by atoms with van der Waals surface area (Å²) in [6.45, 7) is 2.61. The molecule has 0 bridgehead atoms. The van der Waals surface area contributed by atoms with Crippen LogP contribution in [0.15, 0.2) is 48.7 Å². The molecule has 0 spiro atoms. The topological polar surface area (TPSA) is 99.0 Å². The van der Waals surface area contributed by atoms with Crippen LogP contribution in [0.3, 0.4) is 0 Å². The van der Waals surface area contributed by atoms with E-state index in [1.807, 2.05) is 4.90 Å². The molecule has 188 valence electrons. The van der Waals surface area contributed by atoms with Crippen molar-refractivity contribution in [2.24, 2.45) is 0 Å².